The van der Waals surface area contributed by atoms with E-state index in [1.807, 2.05) is 13.8 Å². The fraction of sp³-hybridized carbons (Fsp3) is 0.500. The Morgan fingerprint density at radius 2 is 2.23 bits per heavy atom. The van der Waals surface area contributed by atoms with Crippen molar-refractivity contribution in [3.8, 4) is 0 Å². The molecule has 0 bridgehead atoms. The number of allylic oxidation sites excluding steroid dienone is 1. The van der Waals surface area contributed by atoms with E-state index in [1.165, 1.54) is 6.08 Å². The average molecular weight is 226 g/mol. The molecule has 0 aliphatic carbocycles. The summed E-state index contributed by atoms with van der Waals surface area (Å²) in [5.74, 6) is -0.201. The quantitative estimate of drug-likeness (QED) is 0.529. The van der Waals surface area contributed by atoms with Gasteiger partial charge >= 0.3 is 0 Å². The molecule has 2 nitrogen and oxygen atoms in total. The van der Waals surface area contributed by atoms with E-state index in [0.29, 0.717) is 10.8 Å². The van der Waals surface area contributed by atoms with Crippen LogP contribution in [-0.4, -0.2) is 17.1 Å². The highest BCUT2D eigenvalue weighted by Crippen LogP contribution is 2.26. The fourth-order valence-corrected chi connectivity index (χ4v) is 1.33. The number of rotatable bonds is 2. The van der Waals surface area contributed by atoms with Crippen LogP contribution in [0.2, 0.25) is 0 Å². The third-order valence-electron chi connectivity index (χ3n) is 1.39. The largest absolute Gasteiger partial charge is 0.490 e. The number of hydrogen-bond donors (Lipinski definition) is 0. The smallest absolute Gasteiger partial charge is 0.208 e. The van der Waals surface area contributed by atoms with E-state index < -0.39 is 5.95 Å². The van der Waals surface area contributed by atoms with E-state index in [1.54, 1.807) is 0 Å². The second kappa shape index (κ2) is 4.20. The van der Waals surface area contributed by atoms with Crippen LogP contribution in [0.15, 0.2) is 22.8 Å². The topological polar surface area (TPSA) is 12.5 Å². The molecular weight excluding hydrogens is 216 g/mol. The molecule has 1 aliphatic heterocycles. The van der Waals surface area contributed by atoms with Crippen molar-refractivity contribution in [2.45, 2.75) is 20.0 Å². The Hall–Kier alpha value is -0.410. The van der Waals surface area contributed by atoms with Gasteiger partial charge in [0, 0.05) is 17.9 Å². The van der Waals surface area contributed by atoms with E-state index in [9.17, 15) is 4.39 Å². The molecule has 0 N–H and O–H groups in total. The lowest BCUT2D eigenvalue weighted by Gasteiger charge is -2.21. The lowest BCUT2D eigenvalue weighted by molar-refractivity contribution is 0.152. The molecule has 0 radical (unpaired) electrons. The van der Waals surface area contributed by atoms with Gasteiger partial charge in [-0.2, -0.15) is 4.39 Å². The van der Waals surface area contributed by atoms with Gasteiger partial charge in [0.05, 0.1) is 17.7 Å². The molecule has 0 atom stereocenters. The van der Waals surface area contributed by atoms with E-state index in [4.69, 9.17) is 28.1 Å². The summed E-state index contributed by atoms with van der Waals surface area (Å²) in [6.07, 6.45) is 1.15. The predicted octanol–water partition coefficient (Wildman–Crippen LogP) is 3.14. The second-order valence-corrected chi connectivity index (χ2v) is 3.79. The highest BCUT2D eigenvalue weighted by Gasteiger charge is 2.19. The first kappa shape index (κ1) is 10.7. The zero-order valence-corrected chi connectivity index (χ0v) is 8.86. The SMILES string of the molecule is CC(C)OC1=C(Cl)CN(Cl)C(F)=C1. The summed E-state index contributed by atoms with van der Waals surface area (Å²) in [5, 5.41) is 0.408. The Balaban J connectivity index is 2.78. The Morgan fingerprint density at radius 3 is 2.77 bits per heavy atom. The molecule has 0 unspecified atom stereocenters. The lowest BCUT2D eigenvalue weighted by Crippen LogP contribution is -2.18. The first-order valence-corrected chi connectivity index (χ1v) is 4.58. The van der Waals surface area contributed by atoms with Gasteiger partial charge in [0.1, 0.15) is 5.76 Å². The third-order valence-corrected chi connectivity index (χ3v) is 1.98. The van der Waals surface area contributed by atoms with Gasteiger partial charge in [0.2, 0.25) is 5.95 Å². The average Bonchev–Trinajstić information content (AvgIpc) is 1.99. The maximum Gasteiger partial charge on any atom is 0.208 e. The normalized spacial score (nSPS) is 18.0. The highest BCUT2D eigenvalue weighted by atomic mass is 35.5. The van der Waals surface area contributed by atoms with Crippen LogP contribution in [0.25, 0.3) is 0 Å². The van der Waals surface area contributed by atoms with Crippen molar-refractivity contribution >= 4 is 23.4 Å². The molecular formula is C8H10Cl2FNO. The molecule has 0 saturated heterocycles. The number of ether oxygens (including phenoxy) is 1. The van der Waals surface area contributed by atoms with Crippen LogP contribution in [0, 0.1) is 0 Å². The minimum absolute atomic E-state index is 0.0327. The minimum Gasteiger partial charge on any atom is -0.490 e. The first-order chi connectivity index (χ1) is 6.00. The Kier molecular flexibility index (Phi) is 3.45. The van der Waals surface area contributed by atoms with Crippen molar-refractivity contribution in [2.75, 3.05) is 6.54 Å². The molecule has 0 saturated carbocycles. The zero-order valence-electron chi connectivity index (χ0n) is 7.35. The molecule has 13 heavy (non-hydrogen) atoms. The van der Waals surface area contributed by atoms with Gasteiger partial charge in [0.15, 0.2) is 0 Å². The maximum absolute atomic E-state index is 12.9. The van der Waals surface area contributed by atoms with Gasteiger partial charge in [-0.05, 0) is 13.8 Å². The summed E-state index contributed by atoms with van der Waals surface area (Å²) in [4.78, 5) is 0. The number of hydrogen-bond acceptors (Lipinski definition) is 2. The molecule has 0 fully saturated rings. The standard InChI is InChI=1S/C8H10Cl2FNO/c1-5(2)13-7-3-8(11)12(10)4-6(7)9/h3,5H,4H2,1-2H3. The third kappa shape index (κ3) is 2.78. The lowest BCUT2D eigenvalue weighted by atomic mass is 10.3. The van der Waals surface area contributed by atoms with Crippen molar-refractivity contribution < 1.29 is 9.13 Å². The molecule has 1 rings (SSSR count). The van der Waals surface area contributed by atoms with E-state index in [0.717, 1.165) is 4.42 Å². The first-order valence-electron chi connectivity index (χ1n) is 3.86. The molecule has 1 aliphatic rings. The maximum atomic E-state index is 12.9. The highest BCUT2D eigenvalue weighted by molar-refractivity contribution is 6.31. The van der Waals surface area contributed by atoms with Crippen LogP contribution in [0.1, 0.15) is 13.8 Å². The van der Waals surface area contributed by atoms with Gasteiger partial charge in [0.25, 0.3) is 0 Å². The summed E-state index contributed by atoms with van der Waals surface area (Å²) >= 11 is 11.3. The van der Waals surface area contributed by atoms with Gasteiger partial charge in [-0.1, -0.05) is 11.6 Å². The molecule has 0 spiro atoms. The van der Waals surface area contributed by atoms with Crippen LogP contribution in [-0.2, 0) is 4.74 Å². The van der Waals surface area contributed by atoms with Crippen molar-refractivity contribution in [1.82, 2.24) is 4.42 Å². The van der Waals surface area contributed by atoms with Crippen molar-refractivity contribution in [1.29, 1.82) is 0 Å². The van der Waals surface area contributed by atoms with Crippen LogP contribution < -0.4 is 0 Å². The van der Waals surface area contributed by atoms with Gasteiger partial charge < -0.3 is 4.74 Å². The van der Waals surface area contributed by atoms with Crippen molar-refractivity contribution in [3.63, 3.8) is 0 Å². The van der Waals surface area contributed by atoms with E-state index >= 15 is 0 Å². The van der Waals surface area contributed by atoms with Crippen LogP contribution in [0.3, 0.4) is 0 Å². The fourth-order valence-electron chi connectivity index (χ4n) is 0.884. The van der Waals surface area contributed by atoms with Crippen LogP contribution >= 0.6 is 23.4 Å². The minimum atomic E-state index is -0.554. The van der Waals surface area contributed by atoms with Crippen LogP contribution in [0.5, 0.6) is 0 Å². The Bertz CT molecular complexity index is 263. The summed E-state index contributed by atoms with van der Waals surface area (Å²) in [7, 11) is 0. The molecule has 0 aromatic rings. The van der Waals surface area contributed by atoms with Gasteiger partial charge in [-0.15, -0.1) is 0 Å². The number of halogens is 3. The monoisotopic (exact) mass is 225 g/mol. The second-order valence-electron chi connectivity index (χ2n) is 2.92. The molecule has 0 aromatic carbocycles. The van der Waals surface area contributed by atoms with Crippen LogP contribution in [0.4, 0.5) is 4.39 Å². The summed E-state index contributed by atoms with van der Waals surface area (Å²) < 4.78 is 19.1. The Morgan fingerprint density at radius 1 is 1.62 bits per heavy atom. The molecule has 1 heterocycles. The predicted molar refractivity (Wildman–Crippen MR) is 50.9 cm³/mol. The van der Waals surface area contributed by atoms with Crippen molar-refractivity contribution in [2.24, 2.45) is 0 Å². The molecule has 0 aromatic heterocycles. The summed E-state index contributed by atoms with van der Waals surface area (Å²) in [6.45, 7) is 3.82. The van der Waals surface area contributed by atoms with Gasteiger partial charge in [-0.25, -0.2) is 0 Å². The van der Waals surface area contributed by atoms with E-state index in [2.05, 4.69) is 0 Å². The molecule has 0 amide bonds. The summed E-state index contributed by atoms with van der Waals surface area (Å²) in [5.41, 5.74) is 0. The molecule has 5 heteroatoms. The Labute approximate surface area is 86.7 Å². The van der Waals surface area contributed by atoms with Crippen molar-refractivity contribution in [3.05, 3.63) is 22.8 Å². The van der Waals surface area contributed by atoms with E-state index in [-0.39, 0.29) is 12.6 Å². The molecule has 74 valence electrons. The van der Waals surface area contributed by atoms with Gasteiger partial charge in [-0.3, -0.25) is 4.42 Å². The summed E-state index contributed by atoms with van der Waals surface area (Å²) in [6, 6.07) is 0. The zero-order chi connectivity index (χ0) is 10.0. The number of nitrogens with zero attached hydrogens (tertiary/aromatic N) is 1.